The first-order valence-corrected chi connectivity index (χ1v) is 6.90. The molecule has 0 N–H and O–H groups in total. The van der Waals surface area contributed by atoms with E-state index in [4.69, 9.17) is 0 Å². The summed E-state index contributed by atoms with van der Waals surface area (Å²) in [5.74, 6) is 0.738. The van der Waals surface area contributed by atoms with Gasteiger partial charge in [0, 0.05) is 31.6 Å². The van der Waals surface area contributed by atoms with Crippen LogP contribution >= 0.6 is 15.9 Å². The van der Waals surface area contributed by atoms with E-state index in [1.165, 1.54) is 7.11 Å². The molecule has 0 bridgehead atoms. The van der Waals surface area contributed by atoms with Crippen LogP contribution in [0.1, 0.15) is 13.3 Å². The van der Waals surface area contributed by atoms with Gasteiger partial charge >= 0.3 is 5.97 Å². The summed E-state index contributed by atoms with van der Waals surface area (Å²) in [6.45, 7) is 3.72. The molecule has 6 heteroatoms. The van der Waals surface area contributed by atoms with E-state index in [9.17, 15) is 4.79 Å². The smallest absolute Gasteiger partial charge is 0.330 e. The number of halogens is 1. The third kappa shape index (κ3) is 3.53. The third-order valence-corrected chi connectivity index (χ3v) is 3.60. The average Bonchev–Trinajstić information content (AvgIpc) is 2.41. The van der Waals surface area contributed by atoms with Crippen LogP contribution in [0.15, 0.2) is 28.5 Å². The van der Waals surface area contributed by atoms with Gasteiger partial charge in [-0.3, -0.25) is 0 Å². The molecule has 1 fully saturated rings. The third-order valence-electron chi connectivity index (χ3n) is 3.19. The minimum atomic E-state index is -0.282. The Bertz CT molecular complexity index is 487. The number of esters is 1. The highest BCUT2D eigenvalue weighted by atomic mass is 79.9. The second kappa shape index (κ2) is 6.14. The van der Waals surface area contributed by atoms with Crippen LogP contribution in [-0.4, -0.2) is 36.1 Å². The van der Waals surface area contributed by atoms with Gasteiger partial charge in [0.25, 0.3) is 0 Å². The molecule has 0 aliphatic carbocycles. The minimum absolute atomic E-state index is 0.282. The Hall–Kier alpha value is -1.43. The molecular formula is C13H16BrN3O2. The Morgan fingerprint density at radius 3 is 2.79 bits per heavy atom. The molecule has 0 spiro atoms. The molecule has 1 saturated heterocycles. The van der Waals surface area contributed by atoms with E-state index < -0.39 is 0 Å². The summed E-state index contributed by atoms with van der Waals surface area (Å²) >= 11 is 3.32. The van der Waals surface area contributed by atoms with Crippen LogP contribution in [-0.2, 0) is 9.53 Å². The van der Waals surface area contributed by atoms with Crippen LogP contribution in [0, 0.1) is 5.92 Å². The van der Waals surface area contributed by atoms with Crippen molar-refractivity contribution in [2.24, 2.45) is 5.92 Å². The maximum atomic E-state index is 11.3. The molecule has 1 aliphatic heterocycles. The van der Waals surface area contributed by atoms with Gasteiger partial charge < -0.3 is 9.64 Å². The fourth-order valence-corrected chi connectivity index (χ4v) is 2.33. The number of aromatic nitrogens is 2. The quantitative estimate of drug-likeness (QED) is 0.616. The number of methoxy groups -OCH3 is 1. The van der Waals surface area contributed by atoms with Gasteiger partial charge in [-0.25, -0.2) is 14.8 Å². The van der Waals surface area contributed by atoms with Gasteiger partial charge in [0.1, 0.15) is 0 Å². The van der Waals surface area contributed by atoms with Crippen molar-refractivity contribution in [3.8, 4) is 0 Å². The number of hydrogen-bond acceptors (Lipinski definition) is 5. The Kier molecular flexibility index (Phi) is 4.52. The highest BCUT2D eigenvalue weighted by Crippen LogP contribution is 2.25. The summed E-state index contributed by atoms with van der Waals surface area (Å²) in [5.41, 5.74) is 1.13. The summed E-state index contributed by atoms with van der Waals surface area (Å²) in [5, 5.41) is 0. The van der Waals surface area contributed by atoms with Crippen LogP contribution in [0.2, 0.25) is 0 Å². The molecular weight excluding hydrogens is 310 g/mol. The summed E-state index contributed by atoms with van der Waals surface area (Å²) in [7, 11) is 1.40. The van der Waals surface area contributed by atoms with Crippen molar-refractivity contribution in [1.82, 2.24) is 9.97 Å². The zero-order chi connectivity index (χ0) is 13.8. The topological polar surface area (TPSA) is 55.3 Å². The molecule has 2 heterocycles. The second-order valence-electron chi connectivity index (χ2n) is 4.54. The summed E-state index contributed by atoms with van der Waals surface area (Å²) in [6, 6.07) is 0. The number of carbonyl (C=O) groups is 1. The number of ether oxygens (including phenoxy) is 1. The second-order valence-corrected chi connectivity index (χ2v) is 5.46. The maximum Gasteiger partial charge on any atom is 0.330 e. The number of hydrogen-bond donors (Lipinski definition) is 0. The van der Waals surface area contributed by atoms with Crippen LogP contribution in [0.4, 0.5) is 5.95 Å². The molecule has 102 valence electrons. The van der Waals surface area contributed by atoms with Gasteiger partial charge in [-0.05, 0) is 28.3 Å². The molecule has 19 heavy (non-hydrogen) atoms. The van der Waals surface area contributed by atoms with Crippen LogP contribution in [0.3, 0.4) is 0 Å². The van der Waals surface area contributed by atoms with Gasteiger partial charge in [0.2, 0.25) is 5.95 Å². The maximum absolute atomic E-state index is 11.3. The van der Waals surface area contributed by atoms with Crippen molar-refractivity contribution in [2.75, 3.05) is 25.1 Å². The van der Waals surface area contributed by atoms with Crippen molar-refractivity contribution in [3.05, 3.63) is 28.5 Å². The van der Waals surface area contributed by atoms with Crippen LogP contribution < -0.4 is 4.90 Å². The molecule has 1 aromatic rings. The van der Waals surface area contributed by atoms with E-state index in [0.29, 0.717) is 5.92 Å². The predicted molar refractivity (Wildman–Crippen MR) is 75.8 cm³/mol. The number of rotatable bonds is 2. The van der Waals surface area contributed by atoms with Crippen LogP contribution in [0.25, 0.3) is 0 Å². The van der Waals surface area contributed by atoms with Gasteiger partial charge in [-0.1, -0.05) is 12.5 Å². The van der Waals surface area contributed by atoms with Crippen molar-refractivity contribution >= 4 is 27.8 Å². The Morgan fingerprint density at radius 2 is 2.21 bits per heavy atom. The lowest BCUT2D eigenvalue weighted by atomic mass is 9.93. The minimum Gasteiger partial charge on any atom is -0.466 e. The Morgan fingerprint density at radius 1 is 1.53 bits per heavy atom. The van der Waals surface area contributed by atoms with E-state index in [-0.39, 0.29) is 5.97 Å². The average molecular weight is 326 g/mol. The van der Waals surface area contributed by atoms with Crippen molar-refractivity contribution in [2.45, 2.75) is 13.3 Å². The number of anilines is 1. The largest absolute Gasteiger partial charge is 0.466 e. The van der Waals surface area contributed by atoms with E-state index in [1.807, 2.05) is 0 Å². The predicted octanol–water partition coefficient (Wildman–Crippen LogP) is 2.18. The van der Waals surface area contributed by atoms with E-state index in [2.05, 4.69) is 42.5 Å². The molecule has 0 saturated carbocycles. The summed E-state index contributed by atoms with van der Waals surface area (Å²) in [4.78, 5) is 22.0. The fraction of sp³-hybridized carbons (Fsp3) is 0.462. The zero-order valence-electron chi connectivity index (χ0n) is 11.0. The zero-order valence-corrected chi connectivity index (χ0v) is 12.6. The SMILES string of the molecule is COC(=O)/C=C1\CCN(c2ncc(Br)cn2)CC1C. The van der Waals surface area contributed by atoms with E-state index in [0.717, 1.165) is 35.5 Å². The molecule has 5 nitrogen and oxygen atoms in total. The standard InChI is InChI=1S/C13H16BrN3O2/c1-9-8-17(13-15-6-11(14)7-16-13)4-3-10(9)5-12(18)19-2/h5-7,9H,3-4,8H2,1-2H3/b10-5+. The molecule has 0 aromatic carbocycles. The van der Waals surface area contributed by atoms with Gasteiger partial charge in [0.15, 0.2) is 0 Å². The summed E-state index contributed by atoms with van der Waals surface area (Å²) < 4.78 is 5.54. The lowest BCUT2D eigenvalue weighted by Gasteiger charge is -2.32. The Labute approximate surface area is 120 Å². The normalized spacial score (nSPS) is 21.5. The van der Waals surface area contributed by atoms with Gasteiger partial charge in [0.05, 0.1) is 11.6 Å². The lowest BCUT2D eigenvalue weighted by Crippen LogP contribution is -2.37. The molecule has 1 aromatic heterocycles. The molecule has 1 atom stereocenters. The van der Waals surface area contributed by atoms with Crippen LogP contribution in [0.5, 0.6) is 0 Å². The lowest BCUT2D eigenvalue weighted by molar-refractivity contribution is -0.134. The summed E-state index contributed by atoms with van der Waals surface area (Å²) in [6.07, 6.45) is 5.92. The number of piperidine rings is 1. The molecule has 2 rings (SSSR count). The monoisotopic (exact) mass is 325 g/mol. The van der Waals surface area contributed by atoms with Gasteiger partial charge in [-0.2, -0.15) is 0 Å². The number of carbonyl (C=O) groups excluding carboxylic acids is 1. The van der Waals surface area contributed by atoms with E-state index >= 15 is 0 Å². The first-order valence-electron chi connectivity index (χ1n) is 6.11. The highest BCUT2D eigenvalue weighted by Gasteiger charge is 2.23. The number of nitrogens with zero attached hydrogens (tertiary/aromatic N) is 3. The molecule has 1 aliphatic rings. The van der Waals surface area contributed by atoms with E-state index in [1.54, 1.807) is 18.5 Å². The molecule has 1 unspecified atom stereocenters. The first-order chi connectivity index (χ1) is 9.10. The Balaban J connectivity index is 2.05. The molecule has 0 radical (unpaired) electrons. The first kappa shape index (κ1) is 14.0. The molecule has 0 amide bonds. The van der Waals surface area contributed by atoms with Crippen molar-refractivity contribution in [1.29, 1.82) is 0 Å². The highest BCUT2D eigenvalue weighted by molar-refractivity contribution is 9.10. The van der Waals surface area contributed by atoms with Crippen molar-refractivity contribution in [3.63, 3.8) is 0 Å². The fourth-order valence-electron chi connectivity index (χ4n) is 2.12. The van der Waals surface area contributed by atoms with Crippen molar-refractivity contribution < 1.29 is 9.53 Å². The van der Waals surface area contributed by atoms with Gasteiger partial charge in [-0.15, -0.1) is 0 Å².